The molecule has 0 bridgehead atoms. The van der Waals surface area contributed by atoms with Gasteiger partial charge in [-0.1, -0.05) is 24.3 Å². The Morgan fingerprint density at radius 2 is 1.72 bits per heavy atom. The summed E-state index contributed by atoms with van der Waals surface area (Å²) in [5.74, 6) is -0.0766. The second-order valence-corrected chi connectivity index (χ2v) is 7.51. The van der Waals surface area contributed by atoms with Crippen LogP contribution in [0.1, 0.15) is 41.6 Å². The lowest BCUT2D eigenvalue weighted by molar-refractivity contribution is -0.383. The number of rotatable bonds is 7. The van der Waals surface area contributed by atoms with Gasteiger partial charge in [0.2, 0.25) is 0 Å². The van der Waals surface area contributed by atoms with Crippen LogP contribution in [0.5, 0.6) is 0 Å². The largest absolute Gasteiger partial charge is 0.349 e. The number of para-hydroxylation sites is 2. The Morgan fingerprint density at radius 3 is 2.34 bits per heavy atom. The van der Waals surface area contributed by atoms with E-state index >= 15 is 0 Å². The van der Waals surface area contributed by atoms with E-state index < -0.39 is 4.92 Å². The molecule has 2 fully saturated rings. The van der Waals surface area contributed by atoms with Crippen LogP contribution < -0.4 is 10.6 Å². The molecule has 3 amide bonds. The minimum atomic E-state index is -0.511. The highest BCUT2D eigenvalue weighted by molar-refractivity contribution is 5.94. The lowest BCUT2D eigenvalue weighted by Gasteiger charge is -2.23. The van der Waals surface area contributed by atoms with Crippen molar-refractivity contribution in [1.82, 2.24) is 10.2 Å². The van der Waals surface area contributed by atoms with Crippen molar-refractivity contribution in [2.24, 2.45) is 0 Å². The molecular formula is C21H22N4O4. The molecule has 150 valence electrons. The van der Waals surface area contributed by atoms with E-state index in [2.05, 4.69) is 10.6 Å². The van der Waals surface area contributed by atoms with E-state index in [0.717, 1.165) is 31.2 Å². The maximum absolute atomic E-state index is 12.8. The van der Waals surface area contributed by atoms with Crippen LogP contribution in [0.15, 0.2) is 48.5 Å². The summed E-state index contributed by atoms with van der Waals surface area (Å²) in [6.07, 6.45) is 3.89. The Balaban J connectivity index is 1.43. The number of urea groups is 1. The Bertz CT molecular complexity index is 936. The number of hydrogen-bond donors (Lipinski definition) is 2. The smallest absolute Gasteiger partial charge is 0.322 e. The summed E-state index contributed by atoms with van der Waals surface area (Å²) in [5, 5.41) is 16.8. The maximum Gasteiger partial charge on any atom is 0.322 e. The van der Waals surface area contributed by atoms with E-state index in [1.807, 2.05) is 12.1 Å². The summed E-state index contributed by atoms with van der Waals surface area (Å²) >= 11 is 0. The first kappa shape index (κ1) is 18.9. The molecule has 2 aliphatic carbocycles. The average Bonchev–Trinajstić information content (AvgIpc) is 3.61. The molecule has 2 saturated carbocycles. The number of carbonyl (C=O) groups is 2. The van der Waals surface area contributed by atoms with Gasteiger partial charge in [-0.25, -0.2) is 4.79 Å². The van der Waals surface area contributed by atoms with E-state index in [1.54, 1.807) is 29.2 Å². The van der Waals surface area contributed by atoms with Crippen molar-refractivity contribution < 1.29 is 14.5 Å². The fourth-order valence-electron chi connectivity index (χ4n) is 3.13. The highest BCUT2D eigenvalue weighted by atomic mass is 16.6. The molecule has 2 aromatic carbocycles. The van der Waals surface area contributed by atoms with Crippen molar-refractivity contribution in [3.8, 4) is 0 Å². The van der Waals surface area contributed by atoms with Crippen molar-refractivity contribution >= 4 is 23.3 Å². The van der Waals surface area contributed by atoms with Gasteiger partial charge in [0.25, 0.3) is 11.6 Å². The second-order valence-electron chi connectivity index (χ2n) is 7.51. The van der Waals surface area contributed by atoms with Gasteiger partial charge in [0.15, 0.2) is 0 Å². The summed E-state index contributed by atoms with van der Waals surface area (Å²) in [6, 6.07) is 13.4. The fraction of sp³-hybridized carbons (Fsp3) is 0.333. The molecule has 2 aliphatic rings. The summed E-state index contributed by atoms with van der Waals surface area (Å²) in [7, 11) is 0. The van der Waals surface area contributed by atoms with Crippen LogP contribution in [0.3, 0.4) is 0 Å². The molecule has 2 N–H and O–H groups in total. The monoisotopic (exact) mass is 394 g/mol. The Labute approximate surface area is 168 Å². The third-order valence-corrected chi connectivity index (χ3v) is 5.07. The Hall–Kier alpha value is -3.42. The highest BCUT2D eigenvalue weighted by Gasteiger charge is 2.33. The molecule has 0 aliphatic heterocycles. The SMILES string of the molecule is O=C(NC1CC1)c1ccc(CN(C(=O)Nc2ccccc2[N+](=O)[O-])C2CC2)cc1. The van der Waals surface area contributed by atoms with E-state index in [9.17, 15) is 19.7 Å². The predicted molar refractivity (Wildman–Crippen MR) is 108 cm³/mol. The standard InChI is InChI=1S/C21H22N4O4/c26-20(22-16-9-10-16)15-7-5-14(6-8-15)13-24(17-11-12-17)21(27)23-18-3-1-2-4-19(18)25(28)29/h1-8,16-17H,9-13H2,(H,22,26)(H,23,27). The molecule has 0 aromatic heterocycles. The van der Waals surface area contributed by atoms with Gasteiger partial charge in [-0.15, -0.1) is 0 Å². The normalized spacial score (nSPS) is 15.4. The molecule has 8 nitrogen and oxygen atoms in total. The molecule has 0 radical (unpaired) electrons. The molecule has 0 atom stereocenters. The molecule has 4 rings (SSSR count). The van der Waals surface area contributed by atoms with Crippen molar-refractivity contribution in [1.29, 1.82) is 0 Å². The van der Waals surface area contributed by atoms with Crippen molar-refractivity contribution in [3.05, 3.63) is 69.8 Å². The number of nitro groups is 1. The number of nitrogens with zero attached hydrogens (tertiary/aromatic N) is 2. The zero-order valence-electron chi connectivity index (χ0n) is 15.8. The van der Waals surface area contributed by atoms with E-state index in [-0.39, 0.29) is 29.4 Å². The predicted octanol–water partition coefficient (Wildman–Crippen LogP) is 3.68. The van der Waals surface area contributed by atoms with Crippen LogP contribution in [0.25, 0.3) is 0 Å². The number of anilines is 1. The Morgan fingerprint density at radius 1 is 1.03 bits per heavy atom. The van der Waals surface area contributed by atoms with E-state index in [0.29, 0.717) is 18.2 Å². The highest BCUT2D eigenvalue weighted by Crippen LogP contribution is 2.30. The zero-order chi connectivity index (χ0) is 20.4. The first-order chi connectivity index (χ1) is 14.0. The van der Waals surface area contributed by atoms with Gasteiger partial charge in [0.05, 0.1) is 4.92 Å². The number of nitro benzene ring substituents is 1. The molecule has 29 heavy (non-hydrogen) atoms. The third kappa shape index (κ3) is 4.71. The number of amides is 3. The first-order valence-corrected chi connectivity index (χ1v) is 9.72. The molecule has 0 spiro atoms. The van der Waals surface area contributed by atoms with Gasteiger partial charge in [-0.3, -0.25) is 14.9 Å². The van der Waals surface area contributed by atoms with Crippen molar-refractivity contribution in [3.63, 3.8) is 0 Å². The molecule has 0 heterocycles. The lowest BCUT2D eigenvalue weighted by Crippen LogP contribution is -2.36. The van der Waals surface area contributed by atoms with Crippen molar-refractivity contribution in [2.75, 3.05) is 5.32 Å². The van der Waals surface area contributed by atoms with Crippen LogP contribution in [0, 0.1) is 10.1 Å². The topological polar surface area (TPSA) is 105 Å². The number of benzene rings is 2. The van der Waals surface area contributed by atoms with E-state index in [4.69, 9.17) is 0 Å². The van der Waals surface area contributed by atoms with Crippen LogP contribution in [0.4, 0.5) is 16.2 Å². The van der Waals surface area contributed by atoms with Crippen LogP contribution in [0.2, 0.25) is 0 Å². The quantitative estimate of drug-likeness (QED) is 0.552. The summed E-state index contributed by atoms with van der Waals surface area (Å²) in [6.45, 7) is 0.377. The number of hydrogen-bond acceptors (Lipinski definition) is 4. The van der Waals surface area contributed by atoms with Gasteiger partial charge in [0, 0.05) is 30.3 Å². The third-order valence-electron chi connectivity index (χ3n) is 5.07. The average molecular weight is 394 g/mol. The molecule has 8 heteroatoms. The number of nitrogens with one attached hydrogen (secondary N) is 2. The van der Waals surface area contributed by atoms with Gasteiger partial charge in [0.1, 0.15) is 5.69 Å². The first-order valence-electron chi connectivity index (χ1n) is 9.72. The fourth-order valence-corrected chi connectivity index (χ4v) is 3.13. The minimum absolute atomic E-state index is 0.0766. The van der Waals surface area contributed by atoms with Gasteiger partial charge < -0.3 is 15.5 Å². The maximum atomic E-state index is 12.8. The van der Waals surface area contributed by atoms with Gasteiger partial charge >= 0.3 is 6.03 Å². The van der Waals surface area contributed by atoms with Gasteiger partial charge in [-0.05, 0) is 49.4 Å². The second kappa shape index (κ2) is 7.90. The van der Waals surface area contributed by atoms with Crippen LogP contribution in [-0.4, -0.2) is 33.8 Å². The van der Waals surface area contributed by atoms with E-state index in [1.165, 1.54) is 12.1 Å². The minimum Gasteiger partial charge on any atom is -0.349 e. The lowest BCUT2D eigenvalue weighted by atomic mass is 10.1. The molecular weight excluding hydrogens is 372 g/mol. The summed E-state index contributed by atoms with van der Waals surface area (Å²) < 4.78 is 0. The summed E-state index contributed by atoms with van der Waals surface area (Å²) in [4.78, 5) is 37.3. The number of carbonyl (C=O) groups excluding carboxylic acids is 2. The zero-order valence-corrected chi connectivity index (χ0v) is 15.8. The Kier molecular flexibility index (Phi) is 5.16. The molecule has 2 aromatic rings. The van der Waals surface area contributed by atoms with Crippen molar-refractivity contribution in [2.45, 2.75) is 44.3 Å². The molecule has 0 saturated heterocycles. The summed E-state index contributed by atoms with van der Waals surface area (Å²) in [5.41, 5.74) is 1.54. The van der Waals surface area contributed by atoms with Crippen LogP contribution in [-0.2, 0) is 6.54 Å². The molecule has 0 unspecified atom stereocenters. The van der Waals surface area contributed by atoms with Crippen LogP contribution >= 0.6 is 0 Å². The van der Waals surface area contributed by atoms with Gasteiger partial charge in [-0.2, -0.15) is 0 Å².